The fourth-order valence-corrected chi connectivity index (χ4v) is 5.29. The average molecular weight is 810 g/mol. The van der Waals surface area contributed by atoms with Crippen LogP contribution in [0.2, 0.25) is 0 Å². The predicted octanol–water partition coefficient (Wildman–Crippen LogP) is 9.44. The van der Waals surface area contributed by atoms with Gasteiger partial charge in [0.15, 0.2) is 0 Å². The fourth-order valence-electron chi connectivity index (χ4n) is 5.29. The van der Waals surface area contributed by atoms with Gasteiger partial charge in [-0.05, 0) is 60.1 Å². The minimum Gasteiger partial charge on any atom is -1.00 e. The first-order valence-electron chi connectivity index (χ1n) is 15.0. The van der Waals surface area contributed by atoms with E-state index in [1.807, 2.05) is 31.2 Å². The molecule has 4 aromatic carbocycles. The number of hydrogen-bond acceptors (Lipinski definition) is 3. The number of rotatable bonds is 8. The van der Waals surface area contributed by atoms with Crippen molar-refractivity contribution in [2.24, 2.45) is 9.98 Å². The van der Waals surface area contributed by atoms with E-state index < -0.39 is 0 Å². The van der Waals surface area contributed by atoms with Crippen LogP contribution in [0.15, 0.2) is 125 Å². The van der Waals surface area contributed by atoms with Gasteiger partial charge < -0.3 is 1.43 Å². The van der Waals surface area contributed by atoms with E-state index in [2.05, 4.69) is 126 Å². The number of nitrogens with zero attached hydrogens (tertiary/aromatic N) is 3. The zero-order valence-corrected chi connectivity index (χ0v) is 36.5. The Labute approximate surface area is 349 Å². The van der Waals surface area contributed by atoms with Crippen molar-refractivity contribution in [1.82, 2.24) is 4.98 Å². The van der Waals surface area contributed by atoms with Gasteiger partial charge in [-0.25, -0.2) is 4.98 Å². The largest absolute Gasteiger partial charge is 1.00 e. The van der Waals surface area contributed by atoms with Crippen molar-refractivity contribution in [3.05, 3.63) is 138 Å². The quantitative estimate of drug-likeness (QED) is 0.114. The van der Waals surface area contributed by atoms with E-state index in [0.717, 1.165) is 56.4 Å². The van der Waals surface area contributed by atoms with Crippen LogP contribution in [-0.2, 0) is 13.1 Å². The van der Waals surface area contributed by atoms with Crippen LogP contribution < -0.4 is 68.9 Å². The number of halogens is 2. The molecule has 0 bridgehead atoms. The zero-order chi connectivity index (χ0) is 32.3. The van der Waals surface area contributed by atoms with Crippen LogP contribution in [0, 0.1) is 0 Å². The summed E-state index contributed by atoms with van der Waals surface area (Å²) in [7, 11) is 9.53. The van der Waals surface area contributed by atoms with Gasteiger partial charge in [0.25, 0.3) is 0 Å². The van der Waals surface area contributed by atoms with Crippen LogP contribution in [0.5, 0.6) is 0 Å². The van der Waals surface area contributed by atoms with Gasteiger partial charge in [0, 0.05) is 11.1 Å². The molecule has 1 aromatic heterocycles. The van der Waals surface area contributed by atoms with E-state index in [9.17, 15) is 0 Å². The molecule has 234 valence electrons. The molecule has 0 saturated heterocycles. The van der Waals surface area contributed by atoms with Gasteiger partial charge >= 0.3 is 102 Å². The van der Waals surface area contributed by atoms with Crippen LogP contribution in [0.3, 0.4) is 0 Å². The van der Waals surface area contributed by atoms with E-state index in [1.54, 1.807) is 0 Å². The minimum atomic E-state index is 0. The molecule has 3 nitrogen and oxygen atoms in total. The Morgan fingerprint density at radius 3 is 1.35 bits per heavy atom. The van der Waals surface area contributed by atoms with Crippen molar-refractivity contribution < 1.29 is 83.5 Å². The third kappa shape index (κ3) is 10.3. The number of benzene rings is 4. The van der Waals surface area contributed by atoms with Crippen LogP contribution in [0.25, 0.3) is 22.3 Å². The normalized spacial score (nSPS) is 11.7. The number of para-hydroxylation sites is 2. The second-order valence-corrected chi connectivity index (χ2v) is 13.2. The molecule has 0 radical (unpaired) electrons. The van der Waals surface area contributed by atoms with E-state index >= 15 is 0 Å². The van der Waals surface area contributed by atoms with Gasteiger partial charge in [-0.3, -0.25) is 9.98 Å². The molecule has 0 amide bonds. The summed E-state index contributed by atoms with van der Waals surface area (Å²) >= 11 is 0.194. The fraction of sp³-hybridized carbons (Fsp3) is 0.205. The van der Waals surface area contributed by atoms with Gasteiger partial charge in [0.1, 0.15) is 0 Å². The maximum absolute atomic E-state index is 5.26. The van der Waals surface area contributed by atoms with Crippen molar-refractivity contribution in [2.45, 2.75) is 53.4 Å². The number of aromatic nitrogens is 1. The molecule has 1 heterocycles. The van der Waals surface area contributed by atoms with Gasteiger partial charge in [-0.2, -0.15) is 0 Å². The summed E-state index contributed by atoms with van der Waals surface area (Å²) in [6.45, 7) is 13.0. The molecule has 0 N–H and O–H groups in total. The third-order valence-electron chi connectivity index (χ3n) is 7.60. The Bertz CT molecular complexity index is 1690. The molecule has 0 saturated carbocycles. The Hall–Kier alpha value is -1.48. The molecule has 5 aromatic rings. The standard InChI is InChI=1S/C39H39N3.2ClH.Cs.Fe.H/c1-26(2)32-20-13-21-33(27(3)4)38(32)40-28(5)36-24-15-25-37(42-36)29(6)41-39-34(30-16-9-7-10-17-30)22-14-23-35(39)31-18-11-8-12-19-31;;;;;/h7-27H,1-6H3;2*1H;;;/q;;;+1;+2;-1/p-2. The second-order valence-electron chi connectivity index (χ2n) is 11.4. The number of pyridine rings is 1. The maximum atomic E-state index is 5.26. The van der Waals surface area contributed by atoms with Crippen molar-refractivity contribution >= 4 is 43.0 Å². The number of aliphatic imine (C=N–C) groups is 2. The van der Waals surface area contributed by atoms with Crippen LogP contribution in [-0.4, -0.2) is 16.4 Å². The molecule has 0 aliphatic rings. The summed E-state index contributed by atoms with van der Waals surface area (Å²) in [6.07, 6.45) is 0. The first kappa shape index (κ1) is 39.0. The summed E-state index contributed by atoms with van der Waals surface area (Å²) < 4.78 is 0. The second kappa shape index (κ2) is 19.5. The van der Waals surface area contributed by atoms with Crippen LogP contribution in [0.1, 0.15) is 77.3 Å². The number of hydrogen-bond donors (Lipinski definition) is 0. The summed E-state index contributed by atoms with van der Waals surface area (Å²) in [5, 5.41) is 0. The Morgan fingerprint density at radius 1 is 0.565 bits per heavy atom. The van der Waals surface area contributed by atoms with Gasteiger partial charge in [0.05, 0.1) is 34.2 Å². The SMILES string of the molecule is CC(=Nc1c(-c2ccccc2)cccc1-c1ccccc1)c1cccc(C(C)=Nc2c(C(C)C)cccc2C(C)C)n1.[Cl][Fe][Cl].[Cs+].[H-]. The van der Waals surface area contributed by atoms with Gasteiger partial charge in [-0.15, -0.1) is 0 Å². The van der Waals surface area contributed by atoms with Crippen LogP contribution >= 0.6 is 20.2 Å². The molecule has 0 atom stereocenters. The van der Waals surface area contributed by atoms with Crippen molar-refractivity contribution in [1.29, 1.82) is 0 Å². The first-order chi connectivity index (χ1) is 21.7. The molecule has 5 rings (SSSR count). The molecule has 0 aliphatic heterocycles. The van der Waals surface area contributed by atoms with E-state index in [1.165, 1.54) is 11.1 Å². The van der Waals surface area contributed by atoms with E-state index in [4.69, 9.17) is 35.2 Å². The van der Waals surface area contributed by atoms with E-state index in [0.29, 0.717) is 11.8 Å². The summed E-state index contributed by atoms with van der Waals surface area (Å²) in [5.41, 5.74) is 12.5. The Morgan fingerprint density at radius 2 is 0.935 bits per heavy atom. The van der Waals surface area contributed by atoms with Crippen LogP contribution in [0.4, 0.5) is 11.4 Å². The third-order valence-corrected chi connectivity index (χ3v) is 7.60. The minimum absolute atomic E-state index is 0. The maximum Gasteiger partial charge on any atom is 1.00 e. The molecule has 7 heteroatoms. The van der Waals surface area contributed by atoms with Gasteiger partial charge in [0.2, 0.25) is 0 Å². The van der Waals surface area contributed by atoms with Crippen molar-refractivity contribution in [3.8, 4) is 22.3 Å². The molecule has 0 fully saturated rings. The summed E-state index contributed by atoms with van der Waals surface area (Å²) in [5.74, 6) is 0.764. The molecule has 0 aliphatic carbocycles. The molecule has 0 unspecified atom stereocenters. The van der Waals surface area contributed by atoms with Crippen molar-refractivity contribution in [3.63, 3.8) is 0 Å². The average Bonchev–Trinajstić information content (AvgIpc) is 3.06. The summed E-state index contributed by atoms with van der Waals surface area (Å²) in [4.78, 5) is 15.5. The van der Waals surface area contributed by atoms with Gasteiger partial charge in [-0.1, -0.05) is 131 Å². The van der Waals surface area contributed by atoms with E-state index in [-0.39, 0.29) is 83.5 Å². The zero-order valence-electron chi connectivity index (χ0n) is 28.6. The topological polar surface area (TPSA) is 37.6 Å². The molecular weight excluding hydrogens is 770 g/mol. The molecule has 0 spiro atoms. The Kier molecular flexibility index (Phi) is 16.5. The smallest absolute Gasteiger partial charge is 1.00 e. The first-order valence-corrected chi connectivity index (χ1v) is 18.1. The Balaban J connectivity index is 0.00000148. The predicted molar refractivity (Wildman–Crippen MR) is 193 cm³/mol. The monoisotopic (exact) mass is 809 g/mol. The summed E-state index contributed by atoms with van der Waals surface area (Å²) in [6, 6.07) is 40.0. The molecular formula is C39H40Cl2CsFeN3. The molecule has 46 heavy (non-hydrogen) atoms. The van der Waals surface area contributed by atoms with Crippen molar-refractivity contribution in [2.75, 3.05) is 0 Å².